The molecule has 4 heteroatoms. The van der Waals surface area contributed by atoms with Crippen LogP contribution in [0, 0.1) is 13.8 Å². The number of aryl methyl sites for hydroxylation is 1. The van der Waals surface area contributed by atoms with E-state index in [9.17, 15) is 4.79 Å². The van der Waals surface area contributed by atoms with E-state index in [0.29, 0.717) is 5.56 Å². The van der Waals surface area contributed by atoms with Crippen molar-refractivity contribution >= 4 is 18.0 Å². The SMILES string of the molecule is CCc1ccc(COC(=O)c2ccc(/N=C/N(C)CC)c(C)c2C)cc1. The topological polar surface area (TPSA) is 41.9 Å². The molecule has 2 rings (SSSR count). The van der Waals surface area contributed by atoms with Crippen LogP contribution in [0.2, 0.25) is 0 Å². The summed E-state index contributed by atoms with van der Waals surface area (Å²) in [5.74, 6) is -0.300. The number of esters is 1. The minimum Gasteiger partial charge on any atom is -0.457 e. The molecule has 0 aromatic heterocycles. The molecule has 0 N–H and O–H groups in total. The van der Waals surface area contributed by atoms with Gasteiger partial charge in [0, 0.05) is 13.6 Å². The van der Waals surface area contributed by atoms with E-state index >= 15 is 0 Å². The number of hydrogen-bond acceptors (Lipinski definition) is 3. The van der Waals surface area contributed by atoms with Crippen molar-refractivity contribution in [1.82, 2.24) is 4.90 Å². The third kappa shape index (κ3) is 4.94. The second-order valence-corrected chi connectivity index (χ2v) is 6.45. The van der Waals surface area contributed by atoms with Gasteiger partial charge in [-0.05, 0) is 61.6 Å². The Morgan fingerprint density at radius 3 is 2.31 bits per heavy atom. The van der Waals surface area contributed by atoms with Crippen molar-refractivity contribution in [3.05, 3.63) is 64.2 Å². The maximum absolute atomic E-state index is 12.5. The molecule has 0 amide bonds. The van der Waals surface area contributed by atoms with Gasteiger partial charge in [0.15, 0.2) is 0 Å². The van der Waals surface area contributed by atoms with Gasteiger partial charge in [0.05, 0.1) is 17.6 Å². The molecule has 0 saturated carbocycles. The van der Waals surface area contributed by atoms with E-state index in [2.05, 4.69) is 31.0 Å². The van der Waals surface area contributed by atoms with Gasteiger partial charge in [-0.15, -0.1) is 0 Å². The molecular formula is C22H28N2O2. The molecule has 0 unspecified atom stereocenters. The fourth-order valence-corrected chi connectivity index (χ4v) is 2.51. The summed E-state index contributed by atoms with van der Waals surface area (Å²) >= 11 is 0. The number of aliphatic imine (C=N–C) groups is 1. The zero-order valence-corrected chi connectivity index (χ0v) is 16.4. The summed E-state index contributed by atoms with van der Waals surface area (Å²) in [4.78, 5) is 19.0. The predicted molar refractivity (Wildman–Crippen MR) is 107 cm³/mol. The van der Waals surface area contributed by atoms with Crippen LogP contribution in [-0.4, -0.2) is 30.8 Å². The zero-order chi connectivity index (χ0) is 19.1. The van der Waals surface area contributed by atoms with Crippen LogP contribution in [-0.2, 0) is 17.8 Å². The van der Waals surface area contributed by atoms with Crippen molar-refractivity contribution < 1.29 is 9.53 Å². The molecule has 0 bridgehead atoms. The van der Waals surface area contributed by atoms with E-state index in [-0.39, 0.29) is 12.6 Å². The lowest BCUT2D eigenvalue weighted by Gasteiger charge is -2.12. The first-order chi connectivity index (χ1) is 12.5. The fourth-order valence-electron chi connectivity index (χ4n) is 2.51. The van der Waals surface area contributed by atoms with Gasteiger partial charge in [0.25, 0.3) is 0 Å². The molecule has 26 heavy (non-hydrogen) atoms. The summed E-state index contributed by atoms with van der Waals surface area (Å²) in [5.41, 5.74) is 5.63. The van der Waals surface area contributed by atoms with E-state index in [1.807, 2.05) is 44.0 Å². The van der Waals surface area contributed by atoms with Crippen LogP contribution in [0.15, 0.2) is 41.4 Å². The number of hydrogen-bond donors (Lipinski definition) is 0. The molecule has 2 aromatic carbocycles. The van der Waals surface area contributed by atoms with Gasteiger partial charge in [-0.2, -0.15) is 0 Å². The van der Waals surface area contributed by atoms with Crippen LogP contribution in [0.1, 0.15) is 46.5 Å². The molecule has 0 atom stereocenters. The Kier molecular flexibility index (Phi) is 6.96. The van der Waals surface area contributed by atoms with Gasteiger partial charge in [0.1, 0.15) is 6.61 Å². The second-order valence-electron chi connectivity index (χ2n) is 6.45. The van der Waals surface area contributed by atoms with Gasteiger partial charge in [-0.3, -0.25) is 0 Å². The van der Waals surface area contributed by atoms with Crippen LogP contribution >= 0.6 is 0 Å². The average molecular weight is 352 g/mol. The Hall–Kier alpha value is -2.62. The molecule has 0 aliphatic carbocycles. The molecule has 2 aromatic rings. The molecule has 0 heterocycles. The highest BCUT2D eigenvalue weighted by Crippen LogP contribution is 2.25. The molecule has 0 fully saturated rings. The van der Waals surface area contributed by atoms with Crippen molar-refractivity contribution in [3.8, 4) is 0 Å². The van der Waals surface area contributed by atoms with Crippen molar-refractivity contribution in [2.45, 2.75) is 40.7 Å². The smallest absolute Gasteiger partial charge is 0.338 e. The van der Waals surface area contributed by atoms with E-state index in [1.165, 1.54) is 5.56 Å². The maximum Gasteiger partial charge on any atom is 0.338 e. The summed E-state index contributed by atoms with van der Waals surface area (Å²) in [5, 5.41) is 0. The van der Waals surface area contributed by atoms with E-state index in [4.69, 9.17) is 4.74 Å². The van der Waals surface area contributed by atoms with Crippen molar-refractivity contribution in [2.24, 2.45) is 4.99 Å². The lowest BCUT2D eigenvalue weighted by Crippen LogP contribution is -2.14. The van der Waals surface area contributed by atoms with E-state index < -0.39 is 0 Å². The van der Waals surface area contributed by atoms with E-state index in [0.717, 1.165) is 35.3 Å². The van der Waals surface area contributed by atoms with Crippen LogP contribution in [0.4, 0.5) is 5.69 Å². The third-order valence-electron chi connectivity index (χ3n) is 4.67. The molecular weight excluding hydrogens is 324 g/mol. The Balaban J connectivity index is 2.08. The number of ether oxygens (including phenoxy) is 1. The molecule has 0 aliphatic rings. The van der Waals surface area contributed by atoms with Crippen LogP contribution in [0.5, 0.6) is 0 Å². The minimum atomic E-state index is -0.300. The Labute approximate surface area is 156 Å². The van der Waals surface area contributed by atoms with Crippen molar-refractivity contribution in [1.29, 1.82) is 0 Å². The summed E-state index contributed by atoms with van der Waals surface area (Å²) < 4.78 is 5.49. The number of benzene rings is 2. The Morgan fingerprint density at radius 1 is 1.04 bits per heavy atom. The first-order valence-corrected chi connectivity index (χ1v) is 9.05. The number of nitrogens with zero attached hydrogens (tertiary/aromatic N) is 2. The number of carbonyl (C=O) groups excluding carboxylic acids is 1. The molecule has 138 valence electrons. The van der Waals surface area contributed by atoms with Gasteiger partial charge in [-0.1, -0.05) is 31.2 Å². The largest absolute Gasteiger partial charge is 0.457 e. The fraction of sp³-hybridized carbons (Fsp3) is 0.364. The van der Waals surface area contributed by atoms with Crippen molar-refractivity contribution in [3.63, 3.8) is 0 Å². The summed E-state index contributed by atoms with van der Waals surface area (Å²) in [6.07, 6.45) is 2.81. The second kappa shape index (κ2) is 9.18. The first-order valence-electron chi connectivity index (χ1n) is 9.05. The van der Waals surface area contributed by atoms with Crippen LogP contribution < -0.4 is 0 Å². The maximum atomic E-state index is 12.5. The van der Waals surface area contributed by atoms with Crippen LogP contribution in [0.25, 0.3) is 0 Å². The molecule has 4 nitrogen and oxygen atoms in total. The molecule has 0 aliphatic heterocycles. The van der Waals surface area contributed by atoms with Crippen LogP contribution in [0.3, 0.4) is 0 Å². The Bertz CT molecular complexity index is 779. The van der Waals surface area contributed by atoms with Gasteiger partial charge in [-0.25, -0.2) is 9.79 Å². The molecule has 0 saturated heterocycles. The molecule has 0 spiro atoms. The van der Waals surface area contributed by atoms with Gasteiger partial charge >= 0.3 is 5.97 Å². The average Bonchev–Trinajstić information content (AvgIpc) is 2.67. The zero-order valence-electron chi connectivity index (χ0n) is 16.4. The highest BCUT2D eigenvalue weighted by molar-refractivity contribution is 5.92. The summed E-state index contributed by atoms with van der Waals surface area (Å²) in [6.45, 7) is 9.28. The number of rotatable bonds is 7. The van der Waals surface area contributed by atoms with Gasteiger partial charge < -0.3 is 9.64 Å². The summed E-state index contributed by atoms with van der Waals surface area (Å²) in [7, 11) is 1.98. The highest BCUT2D eigenvalue weighted by atomic mass is 16.5. The highest BCUT2D eigenvalue weighted by Gasteiger charge is 2.14. The molecule has 0 radical (unpaired) electrons. The monoisotopic (exact) mass is 352 g/mol. The predicted octanol–water partition coefficient (Wildman–Crippen LogP) is 4.83. The normalized spacial score (nSPS) is 11.0. The lowest BCUT2D eigenvalue weighted by molar-refractivity contribution is 0.0472. The third-order valence-corrected chi connectivity index (χ3v) is 4.67. The Morgan fingerprint density at radius 2 is 1.69 bits per heavy atom. The van der Waals surface area contributed by atoms with Gasteiger partial charge in [0.2, 0.25) is 0 Å². The van der Waals surface area contributed by atoms with Crippen molar-refractivity contribution in [2.75, 3.05) is 13.6 Å². The standard InChI is InChI=1S/C22H28N2O2/c1-6-18-8-10-19(11-9-18)14-26-22(25)20-12-13-21(17(4)16(20)3)23-15-24(5)7-2/h8-13,15H,6-7,14H2,1-5H3/b23-15+. The first kappa shape index (κ1) is 19.7. The lowest BCUT2D eigenvalue weighted by atomic mass is 10.0. The quantitative estimate of drug-likeness (QED) is 0.407. The number of carbonyl (C=O) groups is 1. The minimum absolute atomic E-state index is 0.280. The van der Waals surface area contributed by atoms with E-state index in [1.54, 1.807) is 12.4 Å². The summed E-state index contributed by atoms with van der Waals surface area (Å²) in [6, 6.07) is 11.8.